The van der Waals surface area contributed by atoms with Crippen molar-refractivity contribution in [1.82, 2.24) is 4.90 Å². The van der Waals surface area contributed by atoms with E-state index in [1.807, 2.05) is 23.1 Å². The molecule has 2 aliphatic rings. The van der Waals surface area contributed by atoms with Gasteiger partial charge in [-0.25, -0.2) is 0 Å². The Morgan fingerprint density at radius 3 is 2.61 bits per heavy atom. The molecule has 0 aromatic heterocycles. The number of aromatic hydroxyl groups is 1. The van der Waals surface area contributed by atoms with E-state index in [4.69, 9.17) is 4.74 Å². The predicted octanol–water partition coefficient (Wildman–Crippen LogP) is 2.84. The summed E-state index contributed by atoms with van der Waals surface area (Å²) >= 11 is 0. The third-order valence-electron chi connectivity index (χ3n) is 5.08. The van der Waals surface area contributed by atoms with E-state index in [0.717, 1.165) is 17.7 Å². The van der Waals surface area contributed by atoms with Gasteiger partial charge >= 0.3 is 0 Å². The van der Waals surface area contributed by atoms with Crippen LogP contribution < -0.4 is 4.74 Å². The standard InChI is InChI=1S/C19H19NO3/c1-23-16-6-3-12(4-7-16)17-10-19(22)20-11-14-8-15(21)5-2-13(14)9-18(17)20/h2-8,17-18,21H,9-11H2,1H3. The van der Waals surface area contributed by atoms with Gasteiger partial charge in [-0.15, -0.1) is 0 Å². The Bertz CT molecular complexity index is 754. The molecule has 1 amide bonds. The van der Waals surface area contributed by atoms with E-state index < -0.39 is 0 Å². The third kappa shape index (κ3) is 2.34. The number of benzene rings is 2. The van der Waals surface area contributed by atoms with Crippen molar-refractivity contribution in [1.29, 1.82) is 0 Å². The second kappa shape index (κ2) is 5.30. The van der Waals surface area contributed by atoms with Gasteiger partial charge in [0, 0.05) is 24.9 Å². The number of phenols is 1. The van der Waals surface area contributed by atoms with Crippen molar-refractivity contribution in [3.8, 4) is 11.5 Å². The molecule has 1 saturated heterocycles. The van der Waals surface area contributed by atoms with Crippen LogP contribution in [0.3, 0.4) is 0 Å². The Morgan fingerprint density at radius 2 is 1.87 bits per heavy atom. The van der Waals surface area contributed by atoms with Gasteiger partial charge in [-0.2, -0.15) is 0 Å². The van der Waals surface area contributed by atoms with Crippen LogP contribution in [0.5, 0.6) is 11.5 Å². The summed E-state index contributed by atoms with van der Waals surface area (Å²) in [5, 5.41) is 9.66. The second-order valence-electron chi connectivity index (χ2n) is 6.33. The van der Waals surface area contributed by atoms with E-state index >= 15 is 0 Å². The highest BCUT2D eigenvalue weighted by molar-refractivity contribution is 5.81. The molecular formula is C19H19NO3. The summed E-state index contributed by atoms with van der Waals surface area (Å²) in [6.45, 7) is 0.597. The van der Waals surface area contributed by atoms with Crippen molar-refractivity contribution in [2.75, 3.05) is 7.11 Å². The van der Waals surface area contributed by atoms with Crippen LogP contribution in [-0.4, -0.2) is 29.1 Å². The number of fused-ring (bicyclic) bond motifs is 2. The molecule has 0 aliphatic carbocycles. The lowest BCUT2D eigenvalue weighted by atomic mass is 9.85. The molecule has 2 aromatic carbocycles. The van der Waals surface area contributed by atoms with Gasteiger partial charge in [-0.05, 0) is 47.4 Å². The zero-order valence-electron chi connectivity index (χ0n) is 13.0. The lowest BCUT2D eigenvalue weighted by molar-refractivity contribution is -0.129. The Balaban J connectivity index is 1.66. The van der Waals surface area contributed by atoms with Crippen molar-refractivity contribution >= 4 is 5.91 Å². The lowest BCUT2D eigenvalue weighted by Gasteiger charge is -2.34. The average molecular weight is 309 g/mol. The molecule has 118 valence electrons. The van der Waals surface area contributed by atoms with E-state index in [-0.39, 0.29) is 23.6 Å². The minimum Gasteiger partial charge on any atom is -0.508 e. The maximum Gasteiger partial charge on any atom is 0.223 e. The second-order valence-corrected chi connectivity index (χ2v) is 6.33. The Kier molecular flexibility index (Phi) is 3.26. The number of hydrogen-bond acceptors (Lipinski definition) is 3. The predicted molar refractivity (Wildman–Crippen MR) is 86.5 cm³/mol. The zero-order valence-corrected chi connectivity index (χ0v) is 13.0. The van der Waals surface area contributed by atoms with Gasteiger partial charge in [0.1, 0.15) is 11.5 Å². The molecule has 1 N–H and O–H groups in total. The largest absolute Gasteiger partial charge is 0.508 e. The van der Waals surface area contributed by atoms with Crippen molar-refractivity contribution in [2.24, 2.45) is 0 Å². The van der Waals surface area contributed by atoms with Crippen LogP contribution >= 0.6 is 0 Å². The van der Waals surface area contributed by atoms with Crippen molar-refractivity contribution in [3.63, 3.8) is 0 Å². The maximum atomic E-state index is 12.4. The molecule has 4 nitrogen and oxygen atoms in total. The lowest BCUT2D eigenvalue weighted by Crippen LogP contribution is -2.39. The smallest absolute Gasteiger partial charge is 0.223 e. The first-order valence-electron chi connectivity index (χ1n) is 7.90. The van der Waals surface area contributed by atoms with Crippen molar-refractivity contribution in [3.05, 3.63) is 59.2 Å². The zero-order chi connectivity index (χ0) is 16.0. The molecule has 2 heterocycles. The van der Waals surface area contributed by atoms with Gasteiger partial charge in [0.15, 0.2) is 0 Å². The summed E-state index contributed by atoms with van der Waals surface area (Å²) in [5.41, 5.74) is 3.48. The van der Waals surface area contributed by atoms with Gasteiger partial charge in [-0.1, -0.05) is 18.2 Å². The Labute approximate surface area is 135 Å². The van der Waals surface area contributed by atoms with Crippen LogP contribution in [0.15, 0.2) is 42.5 Å². The van der Waals surface area contributed by atoms with Crippen molar-refractivity contribution in [2.45, 2.75) is 31.3 Å². The summed E-state index contributed by atoms with van der Waals surface area (Å²) in [7, 11) is 1.66. The topological polar surface area (TPSA) is 49.8 Å². The molecule has 1 fully saturated rings. The number of nitrogens with zero attached hydrogens (tertiary/aromatic N) is 1. The van der Waals surface area contributed by atoms with Gasteiger partial charge < -0.3 is 14.7 Å². The summed E-state index contributed by atoms with van der Waals surface area (Å²) in [5.74, 6) is 1.51. The highest BCUT2D eigenvalue weighted by atomic mass is 16.5. The SMILES string of the molecule is COc1ccc(C2CC(=O)N3Cc4cc(O)ccc4CC23)cc1. The van der Waals surface area contributed by atoms with E-state index in [2.05, 4.69) is 12.1 Å². The van der Waals surface area contributed by atoms with Crippen LogP contribution in [-0.2, 0) is 17.8 Å². The fraction of sp³-hybridized carbons (Fsp3) is 0.316. The highest BCUT2D eigenvalue weighted by Gasteiger charge is 2.42. The number of carbonyl (C=O) groups excluding carboxylic acids is 1. The first kappa shape index (κ1) is 14.1. The summed E-state index contributed by atoms with van der Waals surface area (Å²) in [4.78, 5) is 14.4. The fourth-order valence-corrected chi connectivity index (χ4v) is 3.86. The summed E-state index contributed by atoms with van der Waals surface area (Å²) < 4.78 is 5.22. The van der Waals surface area contributed by atoms with E-state index in [9.17, 15) is 9.90 Å². The molecule has 0 saturated carbocycles. The van der Waals surface area contributed by atoms with E-state index in [0.29, 0.717) is 13.0 Å². The van der Waals surface area contributed by atoms with Gasteiger partial charge in [0.05, 0.1) is 7.11 Å². The number of hydrogen-bond donors (Lipinski definition) is 1. The third-order valence-corrected chi connectivity index (χ3v) is 5.08. The van der Waals surface area contributed by atoms with Crippen LogP contribution in [0, 0.1) is 0 Å². The van der Waals surface area contributed by atoms with Crippen LogP contribution in [0.2, 0.25) is 0 Å². The molecule has 2 aromatic rings. The molecule has 23 heavy (non-hydrogen) atoms. The Hall–Kier alpha value is -2.49. The van der Waals surface area contributed by atoms with Gasteiger partial charge in [0.2, 0.25) is 5.91 Å². The molecule has 0 spiro atoms. The molecule has 2 unspecified atom stereocenters. The quantitative estimate of drug-likeness (QED) is 0.928. The van der Waals surface area contributed by atoms with Gasteiger partial charge in [-0.3, -0.25) is 4.79 Å². The molecule has 2 aliphatic heterocycles. The van der Waals surface area contributed by atoms with Crippen LogP contribution in [0.1, 0.15) is 29.0 Å². The van der Waals surface area contributed by atoms with E-state index in [1.54, 1.807) is 19.2 Å². The maximum absolute atomic E-state index is 12.4. The first-order chi connectivity index (χ1) is 11.2. The minimum atomic E-state index is 0.199. The summed E-state index contributed by atoms with van der Waals surface area (Å²) in [6.07, 6.45) is 1.40. The number of carbonyl (C=O) groups is 1. The average Bonchev–Trinajstić information content (AvgIpc) is 2.89. The molecule has 4 heteroatoms. The minimum absolute atomic E-state index is 0.199. The molecule has 0 radical (unpaired) electrons. The highest BCUT2D eigenvalue weighted by Crippen LogP contribution is 2.41. The van der Waals surface area contributed by atoms with Crippen LogP contribution in [0.4, 0.5) is 0 Å². The normalized spacial score (nSPS) is 22.7. The molecular weight excluding hydrogens is 290 g/mol. The summed E-state index contributed by atoms with van der Waals surface area (Å²) in [6, 6.07) is 13.7. The molecule has 4 rings (SSSR count). The monoisotopic (exact) mass is 309 g/mol. The fourth-order valence-electron chi connectivity index (χ4n) is 3.86. The van der Waals surface area contributed by atoms with Crippen LogP contribution in [0.25, 0.3) is 0 Å². The Morgan fingerprint density at radius 1 is 1.09 bits per heavy atom. The van der Waals surface area contributed by atoms with Crippen molar-refractivity contribution < 1.29 is 14.6 Å². The molecule has 2 atom stereocenters. The number of amides is 1. The number of rotatable bonds is 2. The van der Waals surface area contributed by atoms with Gasteiger partial charge in [0.25, 0.3) is 0 Å². The number of phenolic OH excluding ortho intramolecular Hbond substituents is 1. The number of ether oxygens (including phenoxy) is 1. The number of methoxy groups -OCH3 is 1. The molecule has 0 bridgehead atoms. The van der Waals surface area contributed by atoms with E-state index in [1.165, 1.54) is 11.1 Å². The first-order valence-corrected chi connectivity index (χ1v) is 7.90.